The molecular formula is C10H19N3OSi. The number of carbonyl (C=O) groups is 1. The van der Waals surface area contributed by atoms with E-state index in [1.165, 1.54) is 0 Å². The predicted octanol–water partition coefficient (Wildman–Crippen LogP) is 1.37. The van der Waals surface area contributed by atoms with Crippen molar-refractivity contribution in [1.82, 2.24) is 14.7 Å². The van der Waals surface area contributed by atoms with Crippen LogP contribution in [0, 0.1) is 0 Å². The molecule has 0 saturated heterocycles. The van der Waals surface area contributed by atoms with Gasteiger partial charge in [0.25, 0.3) is 5.91 Å². The Kier molecular flexibility index (Phi) is 3.34. The number of carbonyl (C=O) groups excluding carboxylic acids is 1. The number of aromatic nitrogens is 2. The van der Waals surface area contributed by atoms with E-state index in [0.29, 0.717) is 5.69 Å². The number of aryl methyl sites for hydroxylation is 1. The quantitative estimate of drug-likeness (QED) is 0.729. The fourth-order valence-electron chi connectivity index (χ4n) is 1.51. The lowest BCUT2D eigenvalue weighted by Crippen LogP contribution is -2.41. The summed E-state index contributed by atoms with van der Waals surface area (Å²) in [5.74, 6) is 0.0121. The molecule has 1 rings (SSSR count). The highest BCUT2D eigenvalue weighted by Crippen LogP contribution is 2.06. The van der Waals surface area contributed by atoms with Crippen LogP contribution < -0.4 is 0 Å². The van der Waals surface area contributed by atoms with Gasteiger partial charge in [-0.2, -0.15) is 5.10 Å². The molecule has 5 heteroatoms. The van der Waals surface area contributed by atoms with Crippen molar-refractivity contribution in [3.05, 3.63) is 18.0 Å². The Morgan fingerprint density at radius 2 is 2.13 bits per heavy atom. The van der Waals surface area contributed by atoms with Gasteiger partial charge >= 0.3 is 0 Å². The van der Waals surface area contributed by atoms with Crippen molar-refractivity contribution < 1.29 is 4.79 Å². The van der Waals surface area contributed by atoms with Gasteiger partial charge in [-0.05, 0) is 6.07 Å². The van der Waals surface area contributed by atoms with E-state index in [4.69, 9.17) is 0 Å². The molecule has 0 aromatic carbocycles. The monoisotopic (exact) mass is 225 g/mol. The van der Waals surface area contributed by atoms with Crippen molar-refractivity contribution in [2.45, 2.75) is 19.6 Å². The highest BCUT2D eigenvalue weighted by molar-refractivity contribution is 6.76. The minimum atomic E-state index is -1.24. The first-order valence-electron chi connectivity index (χ1n) is 5.05. The molecule has 0 aliphatic rings. The van der Waals surface area contributed by atoms with Gasteiger partial charge in [0.1, 0.15) is 5.69 Å². The predicted molar refractivity (Wildman–Crippen MR) is 63.5 cm³/mol. The average molecular weight is 225 g/mol. The Morgan fingerprint density at radius 1 is 1.53 bits per heavy atom. The lowest BCUT2D eigenvalue weighted by molar-refractivity contribution is 0.0809. The minimum Gasteiger partial charge on any atom is -0.343 e. The first-order chi connectivity index (χ1) is 6.79. The van der Waals surface area contributed by atoms with Gasteiger partial charge in [0.2, 0.25) is 0 Å². The fraction of sp³-hybridized carbons (Fsp3) is 0.600. The van der Waals surface area contributed by atoms with Crippen LogP contribution in [0.3, 0.4) is 0 Å². The maximum Gasteiger partial charge on any atom is 0.273 e. The van der Waals surface area contributed by atoms with E-state index < -0.39 is 8.07 Å². The lowest BCUT2D eigenvalue weighted by Gasteiger charge is -2.24. The molecule has 0 aliphatic heterocycles. The van der Waals surface area contributed by atoms with Crippen molar-refractivity contribution in [2.75, 3.05) is 13.2 Å². The maximum absolute atomic E-state index is 11.9. The Labute approximate surface area is 91.9 Å². The summed E-state index contributed by atoms with van der Waals surface area (Å²) >= 11 is 0. The third kappa shape index (κ3) is 3.51. The van der Waals surface area contributed by atoms with Crippen molar-refractivity contribution >= 4 is 14.0 Å². The van der Waals surface area contributed by atoms with Crippen LogP contribution in [0.5, 0.6) is 0 Å². The number of hydrogen-bond donors (Lipinski definition) is 0. The van der Waals surface area contributed by atoms with Gasteiger partial charge in [-0.25, -0.2) is 0 Å². The molecule has 84 valence electrons. The Balaban J connectivity index is 2.69. The summed E-state index contributed by atoms with van der Waals surface area (Å²) in [6, 6.07) is 1.75. The standard InChI is InChI=1S/C10H19N3OSi/c1-12(8-15(3,4)5)10(14)9-6-7-13(2)11-9/h6-7H,8H2,1-5H3. The van der Waals surface area contributed by atoms with E-state index in [1.807, 2.05) is 14.1 Å². The van der Waals surface area contributed by atoms with Crippen molar-refractivity contribution in [3.8, 4) is 0 Å². The van der Waals surface area contributed by atoms with Crippen LogP contribution in [0.25, 0.3) is 0 Å². The molecule has 0 bridgehead atoms. The van der Waals surface area contributed by atoms with E-state index in [1.54, 1.807) is 21.8 Å². The maximum atomic E-state index is 11.9. The molecule has 15 heavy (non-hydrogen) atoms. The Bertz CT molecular complexity index is 354. The molecule has 1 amide bonds. The molecule has 1 heterocycles. The molecule has 0 saturated carbocycles. The first-order valence-corrected chi connectivity index (χ1v) is 8.75. The van der Waals surface area contributed by atoms with Crippen LogP contribution in [-0.4, -0.2) is 41.9 Å². The zero-order valence-electron chi connectivity index (χ0n) is 10.1. The minimum absolute atomic E-state index is 0.0121. The topological polar surface area (TPSA) is 38.1 Å². The smallest absolute Gasteiger partial charge is 0.273 e. The van der Waals surface area contributed by atoms with E-state index >= 15 is 0 Å². The van der Waals surface area contributed by atoms with Crippen LogP contribution in [0.4, 0.5) is 0 Å². The molecule has 0 aliphatic carbocycles. The van der Waals surface area contributed by atoms with Crippen molar-refractivity contribution in [2.24, 2.45) is 7.05 Å². The molecule has 1 aromatic rings. The number of rotatable bonds is 3. The van der Waals surface area contributed by atoms with Gasteiger partial charge in [0.15, 0.2) is 0 Å². The summed E-state index contributed by atoms with van der Waals surface area (Å²) in [6.07, 6.45) is 2.65. The molecule has 0 radical (unpaired) electrons. The van der Waals surface area contributed by atoms with Gasteiger partial charge in [0, 0.05) is 26.5 Å². The van der Waals surface area contributed by atoms with Crippen molar-refractivity contribution in [3.63, 3.8) is 0 Å². The van der Waals surface area contributed by atoms with Gasteiger partial charge in [-0.3, -0.25) is 9.48 Å². The average Bonchev–Trinajstić information content (AvgIpc) is 2.47. The van der Waals surface area contributed by atoms with Gasteiger partial charge in [-0.1, -0.05) is 19.6 Å². The second kappa shape index (κ2) is 4.18. The molecule has 0 N–H and O–H groups in total. The van der Waals surface area contributed by atoms with Crippen LogP contribution >= 0.6 is 0 Å². The van der Waals surface area contributed by atoms with Gasteiger partial charge in [-0.15, -0.1) is 0 Å². The number of amides is 1. The lowest BCUT2D eigenvalue weighted by atomic mass is 10.4. The molecule has 0 unspecified atom stereocenters. The molecule has 1 aromatic heterocycles. The summed E-state index contributed by atoms with van der Waals surface area (Å²) in [7, 11) is 2.42. The second-order valence-electron chi connectivity index (χ2n) is 5.10. The molecule has 0 spiro atoms. The zero-order valence-corrected chi connectivity index (χ0v) is 11.1. The summed E-state index contributed by atoms with van der Waals surface area (Å²) in [5, 5.41) is 4.10. The third-order valence-electron chi connectivity index (χ3n) is 1.99. The largest absolute Gasteiger partial charge is 0.343 e. The van der Waals surface area contributed by atoms with E-state index in [9.17, 15) is 4.79 Å². The normalized spacial score (nSPS) is 11.5. The van der Waals surface area contributed by atoms with Crippen molar-refractivity contribution in [1.29, 1.82) is 0 Å². The SMILES string of the molecule is CN(C[Si](C)(C)C)C(=O)c1ccn(C)n1. The second-order valence-corrected chi connectivity index (χ2v) is 10.5. The first kappa shape index (κ1) is 12.0. The van der Waals surface area contributed by atoms with Crippen LogP contribution in [0.2, 0.25) is 19.6 Å². The van der Waals surface area contributed by atoms with Gasteiger partial charge < -0.3 is 4.90 Å². The van der Waals surface area contributed by atoms with E-state index in [0.717, 1.165) is 6.17 Å². The summed E-state index contributed by atoms with van der Waals surface area (Å²) in [4.78, 5) is 13.7. The van der Waals surface area contributed by atoms with Crippen LogP contribution in [-0.2, 0) is 7.05 Å². The Hall–Kier alpha value is -1.10. The summed E-state index contributed by atoms with van der Waals surface area (Å²) < 4.78 is 1.65. The third-order valence-corrected chi connectivity index (χ3v) is 3.41. The van der Waals surface area contributed by atoms with Gasteiger partial charge in [0.05, 0.1) is 8.07 Å². The number of nitrogens with zero attached hydrogens (tertiary/aromatic N) is 3. The molecule has 0 fully saturated rings. The summed E-state index contributed by atoms with van der Waals surface area (Å²) in [5.41, 5.74) is 0.526. The molecular weight excluding hydrogens is 206 g/mol. The molecule has 4 nitrogen and oxygen atoms in total. The highest BCUT2D eigenvalue weighted by atomic mass is 28.3. The summed E-state index contributed by atoms with van der Waals surface area (Å²) in [6.45, 7) is 6.74. The fourth-order valence-corrected chi connectivity index (χ4v) is 3.07. The zero-order chi connectivity index (χ0) is 11.6. The highest BCUT2D eigenvalue weighted by Gasteiger charge is 2.21. The van der Waals surface area contributed by atoms with E-state index in [-0.39, 0.29) is 5.91 Å². The number of hydrogen-bond acceptors (Lipinski definition) is 2. The Morgan fingerprint density at radius 3 is 2.53 bits per heavy atom. The van der Waals surface area contributed by atoms with E-state index in [2.05, 4.69) is 24.7 Å². The molecule has 0 atom stereocenters. The van der Waals surface area contributed by atoms with Crippen LogP contribution in [0.1, 0.15) is 10.5 Å². The van der Waals surface area contributed by atoms with Crippen LogP contribution in [0.15, 0.2) is 12.3 Å².